The molecule has 1 atom stereocenters. The van der Waals surface area contributed by atoms with Crippen LogP contribution in [0.1, 0.15) is 38.2 Å². The molecule has 1 aromatic rings. The van der Waals surface area contributed by atoms with Crippen LogP contribution in [0.25, 0.3) is 0 Å². The lowest BCUT2D eigenvalue weighted by Crippen LogP contribution is -2.51. The Morgan fingerprint density at radius 3 is 2.39 bits per heavy atom. The van der Waals surface area contributed by atoms with Crippen molar-refractivity contribution < 1.29 is 10.2 Å². The van der Waals surface area contributed by atoms with Gasteiger partial charge in [-0.2, -0.15) is 0 Å². The summed E-state index contributed by atoms with van der Waals surface area (Å²) in [6.45, 7) is 2.44. The predicted molar refractivity (Wildman–Crippen MR) is 72.3 cm³/mol. The molecule has 0 aromatic heterocycles. The van der Waals surface area contributed by atoms with Crippen molar-refractivity contribution in [3.8, 4) is 0 Å². The molecule has 0 radical (unpaired) electrons. The molecule has 18 heavy (non-hydrogen) atoms. The Morgan fingerprint density at radius 1 is 1.22 bits per heavy atom. The second kappa shape index (κ2) is 5.39. The van der Waals surface area contributed by atoms with Gasteiger partial charge in [0.2, 0.25) is 0 Å². The van der Waals surface area contributed by atoms with E-state index in [4.69, 9.17) is 0 Å². The van der Waals surface area contributed by atoms with Crippen molar-refractivity contribution >= 4 is 0 Å². The van der Waals surface area contributed by atoms with Gasteiger partial charge in [0.1, 0.15) is 0 Å². The van der Waals surface area contributed by atoms with Crippen LogP contribution in [0.5, 0.6) is 0 Å². The highest BCUT2D eigenvalue weighted by atomic mass is 16.3. The highest BCUT2D eigenvalue weighted by Crippen LogP contribution is 2.30. The van der Waals surface area contributed by atoms with E-state index in [9.17, 15) is 10.2 Å². The van der Waals surface area contributed by atoms with E-state index in [1.807, 2.05) is 37.3 Å². The van der Waals surface area contributed by atoms with E-state index in [0.717, 1.165) is 31.2 Å². The molecule has 1 fully saturated rings. The van der Waals surface area contributed by atoms with Gasteiger partial charge in [-0.1, -0.05) is 43.2 Å². The molecule has 1 unspecified atom stereocenters. The van der Waals surface area contributed by atoms with E-state index in [1.165, 1.54) is 0 Å². The molecule has 0 spiro atoms. The van der Waals surface area contributed by atoms with Gasteiger partial charge in [-0.15, -0.1) is 0 Å². The summed E-state index contributed by atoms with van der Waals surface area (Å²) in [6, 6.07) is 9.67. The fraction of sp³-hybridized carbons (Fsp3) is 0.600. The van der Waals surface area contributed by atoms with Gasteiger partial charge >= 0.3 is 0 Å². The molecule has 1 aliphatic carbocycles. The lowest BCUT2D eigenvalue weighted by atomic mass is 9.92. The first-order valence-corrected chi connectivity index (χ1v) is 6.72. The normalized spacial score (nSPS) is 21.7. The van der Waals surface area contributed by atoms with Crippen molar-refractivity contribution in [3.05, 3.63) is 35.9 Å². The number of nitrogens with one attached hydrogen (secondary N) is 1. The molecule has 1 aromatic carbocycles. The van der Waals surface area contributed by atoms with Gasteiger partial charge in [0.05, 0.1) is 12.2 Å². The summed E-state index contributed by atoms with van der Waals surface area (Å²) in [4.78, 5) is 0. The molecule has 3 N–H and O–H groups in total. The van der Waals surface area contributed by atoms with Gasteiger partial charge in [0, 0.05) is 12.1 Å². The average Bonchev–Trinajstić information content (AvgIpc) is 2.87. The molecule has 2 rings (SSSR count). The minimum absolute atomic E-state index is 0.151. The molecule has 0 bridgehead atoms. The van der Waals surface area contributed by atoms with E-state index in [0.29, 0.717) is 6.54 Å². The maximum absolute atomic E-state index is 10.5. The molecule has 1 saturated carbocycles. The Balaban J connectivity index is 2.00. The first-order chi connectivity index (χ1) is 8.58. The fourth-order valence-corrected chi connectivity index (χ4v) is 2.70. The maximum atomic E-state index is 10.5. The van der Waals surface area contributed by atoms with Gasteiger partial charge in [-0.3, -0.25) is 0 Å². The van der Waals surface area contributed by atoms with E-state index in [2.05, 4.69) is 5.32 Å². The smallest absolute Gasteiger partial charge is 0.0992 e. The molecule has 3 nitrogen and oxygen atoms in total. The first kappa shape index (κ1) is 13.5. The van der Waals surface area contributed by atoms with Gasteiger partial charge in [0.15, 0.2) is 0 Å². The third kappa shape index (κ3) is 2.91. The lowest BCUT2D eigenvalue weighted by molar-refractivity contribution is 0.0394. The monoisotopic (exact) mass is 249 g/mol. The van der Waals surface area contributed by atoms with Crippen LogP contribution in [-0.4, -0.2) is 28.9 Å². The molecule has 0 saturated heterocycles. The zero-order valence-electron chi connectivity index (χ0n) is 11.0. The topological polar surface area (TPSA) is 52.5 Å². The van der Waals surface area contributed by atoms with Crippen molar-refractivity contribution in [2.75, 3.05) is 13.2 Å². The number of aliphatic hydroxyl groups is 2. The fourth-order valence-electron chi connectivity index (χ4n) is 2.70. The quantitative estimate of drug-likeness (QED) is 0.745. The van der Waals surface area contributed by atoms with Crippen LogP contribution >= 0.6 is 0 Å². The van der Waals surface area contributed by atoms with Crippen molar-refractivity contribution in [1.82, 2.24) is 5.32 Å². The molecular formula is C15H23NO2. The molecule has 0 heterocycles. The van der Waals surface area contributed by atoms with Gasteiger partial charge in [-0.05, 0) is 25.3 Å². The standard InChI is InChI=1S/C15H23NO2/c1-14(18,13-7-3-2-4-8-13)11-16-15(12-17)9-5-6-10-15/h2-4,7-8,16-18H,5-6,9-12H2,1H3. The van der Waals surface area contributed by atoms with Crippen LogP contribution in [-0.2, 0) is 5.60 Å². The number of aliphatic hydroxyl groups excluding tert-OH is 1. The Bertz CT molecular complexity index is 369. The summed E-state index contributed by atoms with van der Waals surface area (Å²) < 4.78 is 0. The Kier molecular flexibility index (Phi) is 4.05. The molecule has 0 amide bonds. The minimum Gasteiger partial charge on any atom is -0.394 e. The summed E-state index contributed by atoms with van der Waals surface area (Å²) in [5, 5.41) is 23.4. The minimum atomic E-state index is -0.897. The van der Waals surface area contributed by atoms with Crippen molar-refractivity contribution in [2.24, 2.45) is 0 Å². The zero-order chi connectivity index (χ0) is 13.1. The third-order valence-electron chi connectivity index (χ3n) is 4.07. The predicted octanol–water partition coefficient (Wildman–Crippen LogP) is 1.79. The number of rotatable bonds is 5. The summed E-state index contributed by atoms with van der Waals surface area (Å²) in [6.07, 6.45) is 4.30. The van der Waals surface area contributed by atoms with Crippen molar-refractivity contribution in [2.45, 2.75) is 43.7 Å². The van der Waals surface area contributed by atoms with E-state index >= 15 is 0 Å². The van der Waals surface area contributed by atoms with E-state index in [1.54, 1.807) is 0 Å². The summed E-state index contributed by atoms with van der Waals surface area (Å²) in [7, 11) is 0. The SMILES string of the molecule is CC(O)(CNC1(CO)CCCC1)c1ccccc1. The van der Waals surface area contributed by atoms with Gasteiger partial charge in [-0.25, -0.2) is 0 Å². The second-order valence-electron chi connectivity index (χ2n) is 5.64. The van der Waals surface area contributed by atoms with Crippen LogP contribution in [0, 0.1) is 0 Å². The Labute approximate surface area is 109 Å². The van der Waals surface area contributed by atoms with Crippen molar-refractivity contribution in [3.63, 3.8) is 0 Å². The number of hydrogen-bond acceptors (Lipinski definition) is 3. The summed E-state index contributed by atoms with van der Waals surface area (Å²) in [5.74, 6) is 0. The molecule has 3 heteroatoms. The van der Waals surface area contributed by atoms with Crippen molar-refractivity contribution in [1.29, 1.82) is 0 Å². The van der Waals surface area contributed by atoms with Gasteiger partial charge < -0.3 is 15.5 Å². The molecule has 1 aliphatic rings. The van der Waals surface area contributed by atoms with Crippen LogP contribution in [0.2, 0.25) is 0 Å². The van der Waals surface area contributed by atoms with Crippen LogP contribution < -0.4 is 5.32 Å². The van der Waals surface area contributed by atoms with E-state index in [-0.39, 0.29) is 12.1 Å². The molecular weight excluding hydrogens is 226 g/mol. The third-order valence-corrected chi connectivity index (χ3v) is 4.07. The largest absolute Gasteiger partial charge is 0.394 e. The first-order valence-electron chi connectivity index (χ1n) is 6.72. The van der Waals surface area contributed by atoms with Crippen LogP contribution in [0.3, 0.4) is 0 Å². The number of benzene rings is 1. The maximum Gasteiger partial charge on any atom is 0.0992 e. The number of hydrogen-bond donors (Lipinski definition) is 3. The highest BCUT2D eigenvalue weighted by molar-refractivity contribution is 5.22. The van der Waals surface area contributed by atoms with Crippen LogP contribution in [0.15, 0.2) is 30.3 Å². The molecule has 100 valence electrons. The Hall–Kier alpha value is -0.900. The van der Waals surface area contributed by atoms with Crippen LogP contribution in [0.4, 0.5) is 0 Å². The highest BCUT2D eigenvalue weighted by Gasteiger charge is 2.35. The second-order valence-corrected chi connectivity index (χ2v) is 5.64. The summed E-state index contributed by atoms with van der Waals surface area (Å²) in [5.41, 5.74) is -0.172. The lowest BCUT2D eigenvalue weighted by Gasteiger charge is -2.33. The molecule has 0 aliphatic heterocycles. The zero-order valence-corrected chi connectivity index (χ0v) is 11.0. The van der Waals surface area contributed by atoms with Gasteiger partial charge in [0.25, 0.3) is 0 Å². The number of β-amino-alcohol motifs (C(OH)–C–C–N with tert-alkyl or cyclic N) is 1. The Morgan fingerprint density at radius 2 is 1.83 bits per heavy atom. The average molecular weight is 249 g/mol. The van der Waals surface area contributed by atoms with E-state index < -0.39 is 5.60 Å². The summed E-state index contributed by atoms with van der Waals surface area (Å²) >= 11 is 0.